The Morgan fingerprint density at radius 3 is 1.80 bits per heavy atom. The third-order valence-electron chi connectivity index (χ3n) is 2.26. The molecule has 4 nitrogen and oxygen atoms in total. The average Bonchev–Trinajstić information content (AvgIpc) is 2.51. The van der Waals surface area contributed by atoms with Crippen molar-refractivity contribution in [2.75, 3.05) is 19.8 Å². The van der Waals surface area contributed by atoms with Gasteiger partial charge in [0.05, 0.1) is 13.2 Å². The van der Waals surface area contributed by atoms with Gasteiger partial charge in [0.25, 0.3) is 0 Å². The molecule has 0 N–H and O–H groups in total. The van der Waals surface area contributed by atoms with Crippen molar-refractivity contribution in [3.8, 4) is 0 Å². The summed E-state index contributed by atoms with van der Waals surface area (Å²) >= 11 is 0. The Bertz CT molecular complexity index is 372. The third-order valence-corrected chi connectivity index (χ3v) is 3.70. The molecule has 0 saturated carbocycles. The topological polar surface area (TPSA) is 44.8 Å². The first-order valence-electron chi connectivity index (χ1n) is 5.27. The summed E-state index contributed by atoms with van der Waals surface area (Å²) in [6.07, 6.45) is -5.77. The van der Waals surface area contributed by atoms with Crippen LogP contribution >= 0.6 is 7.82 Å². The van der Waals surface area contributed by atoms with Crippen LogP contribution in [0.3, 0.4) is 0 Å². The Balaban J connectivity index is 2.74. The van der Waals surface area contributed by atoms with Crippen LogP contribution in [0, 0.1) is 0 Å². The monoisotopic (exact) mass is 334 g/mol. The fraction of sp³-hybridized carbons (Fsp3) is 1.00. The van der Waals surface area contributed by atoms with Gasteiger partial charge in [-0.3, -0.25) is 13.6 Å². The molecule has 0 spiro atoms. The molecule has 1 aliphatic heterocycles. The smallest absolute Gasteiger partial charge is 0.287 e. The maximum absolute atomic E-state index is 12.9. The second kappa shape index (κ2) is 5.78. The molecule has 120 valence electrons. The molecule has 1 rings (SSSR count). The van der Waals surface area contributed by atoms with E-state index in [1.165, 1.54) is 0 Å². The van der Waals surface area contributed by atoms with Crippen LogP contribution in [-0.2, 0) is 18.1 Å². The van der Waals surface area contributed by atoms with Gasteiger partial charge < -0.3 is 0 Å². The van der Waals surface area contributed by atoms with Crippen LogP contribution in [0.15, 0.2) is 0 Å². The molecule has 0 aromatic rings. The highest BCUT2D eigenvalue weighted by Crippen LogP contribution is 2.54. The normalized spacial score (nSPS) is 21.6. The molecule has 1 fully saturated rings. The van der Waals surface area contributed by atoms with Crippen LogP contribution < -0.4 is 0 Å². The summed E-state index contributed by atoms with van der Waals surface area (Å²) in [5, 5.41) is 0. The number of phosphoric acid groups is 1. The van der Waals surface area contributed by atoms with Gasteiger partial charge in [0.1, 0.15) is 6.61 Å². The summed E-state index contributed by atoms with van der Waals surface area (Å²) in [6, 6.07) is 0. The summed E-state index contributed by atoms with van der Waals surface area (Å²) in [5.41, 5.74) is 0. The molecule has 0 aromatic heterocycles. The molecule has 1 saturated heterocycles. The van der Waals surface area contributed by atoms with Crippen molar-refractivity contribution >= 4 is 7.82 Å². The summed E-state index contributed by atoms with van der Waals surface area (Å²) in [5.74, 6) is -11.9. The minimum atomic E-state index is -6.47. The van der Waals surface area contributed by atoms with Crippen LogP contribution in [0.4, 0.5) is 30.7 Å². The Morgan fingerprint density at radius 1 is 0.950 bits per heavy atom. The lowest BCUT2D eigenvalue weighted by molar-refractivity contribution is -0.358. The number of hydrogen-bond donors (Lipinski definition) is 0. The minimum Gasteiger partial charge on any atom is -0.287 e. The molecule has 0 aliphatic carbocycles. The molecule has 0 atom stereocenters. The minimum absolute atomic E-state index is 0.210. The van der Waals surface area contributed by atoms with E-state index in [4.69, 9.17) is 0 Å². The van der Waals surface area contributed by atoms with Gasteiger partial charge in [0.2, 0.25) is 0 Å². The zero-order chi connectivity index (χ0) is 15.7. The molecule has 1 heterocycles. The van der Waals surface area contributed by atoms with E-state index in [1.54, 1.807) is 0 Å². The maximum Gasteiger partial charge on any atom is 0.474 e. The zero-order valence-corrected chi connectivity index (χ0v) is 10.7. The van der Waals surface area contributed by atoms with E-state index in [9.17, 15) is 35.3 Å². The lowest BCUT2D eigenvalue weighted by Crippen LogP contribution is -2.54. The quantitative estimate of drug-likeness (QED) is 0.580. The summed E-state index contributed by atoms with van der Waals surface area (Å²) in [6.45, 7) is -2.87. The summed E-state index contributed by atoms with van der Waals surface area (Å²) < 4.78 is 111. The molecule has 1 aliphatic rings. The average molecular weight is 334 g/mol. The lowest BCUT2D eigenvalue weighted by Gasteiger charge is -2.28. The van der Waals surface area contributed by atoms with E-state index in [-0.39, 0.29) is 13.2 Å². The van der Waals surface area contributed by atoms with Crippen molar-refractivity contribution in [2.24, 2.45) is 0 Å². The fourth-order valence-corrected chi connectivity index (χ4v) is 2.38. The van der Waals surface area contributed by atoms with Gasteiger partial charge in [0.15, 0.2) is 0 Å². The van der Waals surface area contributed by atoms with E-state index in [0.29, 0.717) is 12.8 Å². The van der Waals surface area contributed by atoms with E-state index in [1.807, 2.05) is 0 Å². The predicted octanol–water partition coefficient (Wildman–Crippen LogP) is 3.77. The van der Waals surface area contributed by atoms with Crippen molar-refractivity contribution in [3.05, 3.63) is 0 Å². The van der Waals surface area contributed by atoms with Gasteiger partial charge in [-0.25, -0.2) is 4.57 Å². The van der Waals surface area contributed by atoms with Gasteiger partial charge in [0, 0.05) is 0 Å². The van der Waals surface area contributed by atoms with E-state index in [0.717, 1.165) is 0 Å². The zero-order valence-electron chi connectivity index (χ0n) is 9.76. The van der Waals surface area contributed by atoms with Crippen LogP contribution in [-0.4, -0.2) is 37.8 Å². The molecule has 12 heteroatoms. The van der Waals surface area contributed by atoms with Gasteiger partial charge in [-0.05, 0) is 12.8 Å². The fourth-order valence-electron chi connectivity index (χ4n) is 1.13. The standard InChI is InChI=1S/C8H10F7O4P/c9-6(10,7(11,12)8(13,14)15)5-19-20(16)17-3-1-2-4-18-20/h1-5H2. The van der Waals surface area contributed by atoms with Crippen molar-refractivity contribution < 1.29 is 48.9 Å². The molecular formula is C8H10F7O4P. The number of halogens is 7. The highest BCUT2D eigenvalue weighted by atomic mass is 31.2. The summed E-state index contributed by atoms with van der Waals surface area (Å²) in [7, 11) is -4.56. The Hall–Kier alpha value is -0.380. The first-order valence-corrected chi connectivity index (χ1v) is 6.73. The van der Waals surface area contributed by atoms with Gasteiger partial charge in [-0.15, -0.1) is 0 Å². The highest BCUT2D eigenvalue weighted by Gasteiger charge is 2.73. The van der Waals surface area contributed by atoms with Crippen molar-refractivity contribution in [1.29, 1.82) is 0 Å². The van der Waals surface area contributed by atoms with Gasteiger partial charge in [-0.1, -0.05) is 0 Å². The molecule has 0 radical (unpaired) electrons. The largest absolute Gasteiger partial charge is 0.474 e. The van der Waals surface area contributed by atoms with E-state index >= 15 is 0 Å². The second-order valence-corrected chi connectivity index (χ2v) is 5.54. The number of alkyl halides is 7. The van der Waals surface area contributed by atoms with Crippen molar-refractivity contribution in [1.82, 2.24) is 0 Å². The third kappa shape index (κ3) is 3.84. The first kappa shape index (κ1) is 17.7. The maximum atomic E-state index is 12.9. The van der Waals surface area contributed by atoms with Crippen LogP contribution in [0.2, 0.25) is 0 Å². The summed E-state index contributed by atoms with van der Waals surface area (Å²) in [4.78, 5) is 0. The van der Waals surface area contributed by atoms with Crippen LogP contribution in [0.5, 0.6) is 0 Å². The molecule has 20 heavy (non-hydrogen) atoms. The van der Waals surface area contributed by atoms with E-state index < -0.39 is 32.5 Å². The van der Waals surface area contributed by atoms with Crippen molar-refractivity contribution in [2.45, 2.75) is 30.9 Å². The van der Waals surface area contributed by atoms with Crippen molar-refractivity contribution in [3.63, 3.8) is 0 Å². The Morgan fingerprint density at radius 2 is 1.40 bits per heavy atom. The van der Waals surface area contributed by atoms with Crippen LogP contribution in [0.25, 0.3) is 0 Å². The number of rotatable bonds is 4. The molecule has 0 amide bonds. The lowest BCUT2D eigenvalue weighted by atomic mass is 10.2. The first-order chi connectivity index (χ1) is 8.91. The molecule has 0 bridgehead atoms. The highest BCUT2D eigenvalue weighted by molar-refractivity contribution is 7.48. The van der Waals surface area contributed by atoms with Crippen LogP contribution in [0.1, 0.15) is 12.8 Å². The Labute approximate surface area is 108 Å². The van der Waals surface area contributed by atoms with Gasteiger partial charge in [-0.2, -0.15) is 30.7 Å². The Kier molecular flexibility index (Phi) is 5.11. The van der Waals surface area contributed by atoms with E-state index in [2.05, 4.69) is 13.6 Å². The van der Waals surface area contributed by atoms with Gasteiger partial charge >= 0.3 is 25.8 Å². The molecular weight excluding hydrogens is 324 g/mol. The second-order valence-electron chi connectivity index (χ2n) is 3.87. The molecule has 0 unspecified atom stereocenters. The molecule has 0 aromatic carbocycles. The number of phosphoric ester groups is 1. The number of hydrogen-bond acceptors (Lipinski definition) is 4. The predicted molar refractivity (Wildman–Crippen MR) is 50.6 cm³/mol. The SMILES string of the molecule is O=P1(OCC(F)(F)C(F)(F)C(F)(F)F)OCCCCO1.